The number of H-pyrrole nitrogens is 1. The molecular weight excluding hydrogens is 281 g/mol. The highest BCUT2D eigenvalue weighted by atomic mass is 19.2. The van der Waals surface area contributed by atoms with E-state index in [1.54, 1.807) is 11.1 Å². The first-order valence-corrected chi connectivity index (χ1v) is 6.66. The molecule has 1 aromatic carbocycles. The summed E-state index contributed by atoms with van der Waals surface area (Å²) < 4.78 is 39.5. The Labute approximate surface area is 119 Å². The van der Waals surface area contributed by atoms with E-state index in [9.17, 15) is 18.0 Å². The number of rotatable bonds is 2. The summed E-state index contributed by atoms with van der Waals surface area (Å²) in [6.45, 7) is 0.503. The van der Waals surface area contributed by atoms with Crippen LogP contribution >= 0.6 is 0 Å². The summed E-state index contributed by atoms with van der Waals surface area (Å²) in [6, 6.07) is 5.02. The quantitative estimate of drug-likeness (QED) is 0.847. The molecule has 2 heterocycles. The van der Waals surface area contributed by atoms with Gasteiger partial charge in [0.05, 0.1) is 6.04 Å². The van der Waals surface area contributed by atoms with E-state index in [2.05, 4.69) is 4.98 Å². The normalized spacial score (nSPS) is 18.2. The molecule has 3 rings (SSSR count). The molecule has 1 saturated heterocycles. The number of nitrogens with one attached hydrogen (secondary N) is 1. The Morgan fingerprint density at radius 1 is 1.24 bits per heavy atom. The maximum absolute atomic E-state index is 13.3. The number of amides is 1. The molecule has 0 bridgehead atoms. The molecule has 1 aliphatic heterocycles. The molecule has 1 N–H and O–H groups in total. The van der Waals surface area contributed by atoms with E-state index >= 15 is 0 Å². The van der Waals surface area contributed by atoms with Crippen molar-refractivity contribution in [3.63, 3.8) is 0 Å². The van der Waals surface area contributed by atoms with Gasteiger partial charge in [-0.3, -0.25) is 4.79 Å². The lowest BCUT2D eigenvalue weighted by Crippen LogP contribution is -2.31. The summed E-state index contributed by atoms with van der Waals surface area (Å²) >= 11 is 0. The average molecular weight is 294 g/mol. The third kappa shape index (κ3) is 2.41. The molecule has 0 spiro atoms. The van der Waals surface area contributed by atoms with Gasteiger partial charge in [0.15, 0.2) is 17.5 Å². The Hall–Kier alpha value is -2.24. The zero-order valence-electron chi connectivity index (χ0n) is 11.1. The first-order valence-electron chi connectivity index (χ1n) is 6.66. The number of carbonyl (C=O) groups is 1. The minimum absolute atomic E-state index is 0.149. The van der Waals surface area contributed by atoms with Crippen LogP contribution in [0.4, 0.5) is 13.2 Å². The van der Waals surface area contributed by atoms with Gasteiger partial charge >= 0.3 is 0 Å². The topological polar surface area (TPSA) is 36.1 Å². The van der Waals surface area contributed by atoms with Gasteiger partial charge in [0, 0.05) is 24.0 Å². The number of benzene rings is 1. The van der Waals surface area contributed by atoms with Crippen LogP contribution in [-0.2, 0) is 0 Å². The highest BCUT2D eigenvalue weighted by Crippen LogP contribution is 2.32. The second-order valence-corrected chi connectivity index (χ2v) is 5.04. The van der Waals surface area contributed by atoms with Crippen molar-refractivity contribution in [3.8, 4) is 0 Å². The van der Waals surface area contributed by atoms with Crippen molar-refractivity contribution in [2.45, 2.75) is 18.9 Å². The lowest BCUT2D eigenvalue weighted by Gasteiger charge is -2.24. The maximum Gasteiger partial charge on any atom is 0.254 e. The van der Waals surface area contributed by atoms with E-state index in [4.69, 9.17) is 0 Å². The van der Waals surface area contributed by atoms with Crippen molar-refractivity contribution in [1.82, 2.24) is 9.88 Å². The van der Waals surface area contributed by atoms with Gasteiger partial charge in [-0.05, 0) is 37.1 Å². The van der Waals surface area contributed by atoms with E-state index in [1.165, 1.54) is 0 Å². The predicted octanol–water partition coefficient (Wildman–Crippen LogP) is 3.41. The Morgan fingerprint density at radius 2 is 1.95 bits per heavy atom. The van der Waals surface area contributed by atoms with Gasteiger partial charge < -0.3 is 9.88 Å². The Balaban J connectivity index is 1.91. The lowest BCUT2D eigenvalue weighted by atomic mass is 10.1. The minimum Gasteiger partial charge on any atom is -0.363 e. The van der Waals surface area contributed by atoms with Crippen LogP contribution in [0.1, 0.15) is 34.9 Å². The molecule has 1 aromatic heterocycles. The molecule has 6 heteroatoms. The summed E-state index contributed by atoms with van der Waals surface area (Å²) in [5.74, 6) is -4.76. The van der Waals surface area contributed by atoms with E-state index in [1.807, 2.05) is 12.1 Å². The molecule has 2 aromatic rings. The van der Waals surface area contributed by atoms with Crippen LogP contribution in [0.15, 0.2) is 30.5 Å². The highest BCUT2D eigenvalue weighted by Gasteiger charge is 2.31. The average Bonchev–Trinajstić information content (AvgIpc) is 3.13. The minimum atomic E-state index is -1.56. The number of nitrogens with zero attached hydrogens (tertiary/aromatic N) is 1. The van der Waals surface area contributed by atoms with Crippen molar-refractivity contribution in [2.24, 2.45) is 0 Å². The van der Waals surface area contributed by atoms with Crippen molar-refractivity contribution in [3.05, 3.63) is 59.2 Å². The summed E-state index contributed by atoms with van der Waals surface area (Å²) in [7, 11) is 0. The van der Waals surface area contributed by atoms with Gasteiger partial charge in [-0.2, -0.15) is 0 Å². The predicted molar refractivity (Wildman–Crippen MR) is 70.1 cm³/mol. The van der Waals surface area contributed by atoms with Crippen molar-refractivity contribution < 1.29 is 18.0 Å². The molecule has 1 amide bonds. The SMILES string of the molecule is O=C(c1cc(F)c(F)c(F)c1)N1CCCC1c1ccc[nH]1. The monoisotopic (exact) mass is 294 g/mol. The second-order valence-electron chi connectivity index (χ2n) is 5.04. The van der Waals surface area contributed by atoms with Gasteiger partial charge in [0.2, 0.25) is 0 Å². The van der Waals surface area contributed by atoms with Gasteiger partial charge in [-0.15, -0.1) is 0 Å². The van der Waals surface area contributed by atoms with Crippen LogP contribution in [0, 0.1) is 17.5 Å². The molecule has 1 aliphatic rings. The zero-order chi connectivity index (χ0) is 15.0. The smallest absolute Gasteiger partial charge is 0.254 e. The van der Waals surface area contributed by atoms with Crippen molar-refractivity contribution >= 4 is 5.91 Å². The molecule has 0 aliphatic carbocycles. The van der Waals surface area contributed by atoms with Crippen molar-refractivity contribution in [2.75, 3.05) is 6.54 Å². The summed E-state index contributed by atoms with van der Waals surface area (Å²) in [5.41, 5.74) is 0.703. The molecule has 0 saturated carbocycles. The molecule has 0 radical (unpaired) electrons. The van der Waals surface area contributed by atoms with Gasteiger partial charge in [-0.25, -0.2) is 13.2 Å². The molecule has 21 heavy (non-hydrogen) atoms. The summed E-state index contributed by atoms with van der Waals surface area (Å²) in [6.07, 6.45) is 3.34. The Kier molecular flexibility index (Phi) is 3.45. The van der Waals surface area contributed by atoms with Crippen molar-refractivity contribution in [1.29, 1.82) is 0 Å². The molecule has 3 nitrogen and oxygen atoms in total. The fourth-order valence-corrected chi connectivity index (χ4v) is 2.73. The summed E-state index contributed by atoms with van der Waals surface area (Å²) in [5, 5.41) is 0. The van der Waals surface area contributed by atoms with Gasteiger partial charge in [0.1, 0.15) is 0 Å². The highest BCUT2D eigenvalue weighted by molar-refractivity contribution is 5.94. The van der Waals surface area contributed by atoms with Gasteiger partial charge in [-0.1, -0.05) is 0 Å². The van der Waals surface area contributed by atoms with E-state index < -0.39 is 23.4 Å². The molecule has 1 fully saturated rings. The standard InChI is InChI=1S/C15H13F3N2O/c16-10-7-9(8-11(17)14(10)18)15(21)20-6-2-4-13(20)12-3-1-5-19-12/h1,3,5,7-8,13,19H,2,4,6H2. The Bertz CT molecular complexity index is 647. The fourth-order valence-electron chi connectivity index (χ4n) is 2.73. The van der Waals surface area contributed by atoms with Crippen LogP contribution in [0.3, 0.4) is 0 Å². The van der Waals surface area contributed by atoms with Crippen LogP contribution in [0.5, 0.6) is 0 Å². The number of hydrogen-bond donors (Lipinski definition) is 1. The van der Waals surface area contributed by atoms with Crippen LogP contribution in [0.2, 0.25) is 0 Å². The number of aromatic amines is 1. The first-order chi connectivity index (χ1) is 10.1. The van der Waals surface area contributed by atoms with E-state index in [-0.39, 0.29) is 11.6 Å². The molecule has 1 unspecified atom stereocenters. The van der Waals surface area contributed by atoms with Crippen LogP contribution < -0.4 is 0 Å². The number of likely N-dealkylation sites (tertiary alicyclic amines) is 1. The lowest BCUT2D eigenvalue weighted by molar-refractivity contribution is 0.0732. The van der Waals surface area contributed by atoms with Crippen LogP contribution in [0.25, 0.3) is 0 Å². The zero-order valence-corrected chi connectivity index (χ0v) is 11.1. The maximum atomic E-state index is 13.3. The summed E-state index contributed by atoms with van der Waals surface area (Å²) in [4.78, 5) is 17.0. The van der Waals surface area contributed by atoms with E-state index in [0.29, 0.717) is 6.54 Å². The molecule has 1 atom stereocenters. The number of hydrogen-bond acceptors (Lipinski definition) is 1. The van der Waals surface area contributed by atoms with E-state index in [0.717, 1.165) is 30.7 Å². The first kappa shape index (κ1) is 13.7. The number of carbonyl (C=O) groups excluding carboxylic acids is 1. The molecular formula is C15H13F3N2O. The van der Waals surface area contributed by atoms with Crippen LogP contribution in [-0.4, -0.2) is 22.3 Å². The largest absolute Gasteiger partial charge is 0.363 e. The Morgan fingerprint density at radius 3 is 2.57 bits per heavy atom. The third-order valence-electron chi connectivity index (χ3n) is 3.73. The second kappa shape index (κ2) is 5.27. The van der Waals surface area contributed by atoms with Gasteiger partial charge in [0.25, 0.3) is 5.91 Å². The third-order valence-corrected chi connectivity index (χ3v) is 3.73. The fraction of sp³-hybridized carbons (Fsp3) is 0.267. The number of aromatic nitrogens is 1. The number of halogens is 3. The molecule has 110 valence electrons.